The molecule has 9 heteroatoms. The Morgan fingerprint density at radius 3 is 2.41 bits per heavy atom. The minimum absolute atomic E-state index is 0.0951. The first kappa shape index (κ1) is 20.1. The molecule has 6 rings (SSSR count). The van der Waals surface area contributed by atoms with Crippen LogP contribution in [0.5, 0.6) is 0 Å². The number of aromatic nitrogens is 4. The number of hydrogen-bond donors (Lipinski definition) is 1. The van der Waals surface area contributed by atoms with E-state index in [4.69, 9.17) is 31.5 Å². The summed E-state index contributed by atoms with van der Waals surface area (Å²) in [5.74, 6) is 2.61. The lowest BCUT2D eigenvalue weighted by Gasteiger charge is -2.28. The van der Waals surface area contributed by atoms with Crippen LogP contribution in [0, 0.1) is 11.7 Å². The highest BCUT2D eigenvalue weighted by molar-refractivity contribution is 6.30. The van der Waals surface area contributed by atoms with Gasteiger partial charge in [-0.2, -0.15) is 9.97 Å². The van der Waals surface area contributed by atoms with Crippen molar-refractivity contribution in [2.45, 2.75) is 25.2 Å². The van der Waals surface area contributed by atoms with Gasteiger partial charge >= 0.3 is 0 Å². The zero-order valence-electron chi connectivity index (χ0n) is 17.7. The maximum atomic E-state index is 13.3. The molecule has 1 radical (unpaired) electrons. The number of rotatable bonds is 4. The first-order chi connectivity index (χ1) is 15.7. The molecule has 3 aliphatic rings. The molecule has 1 aliphatic carbocycles. The molecule has 32 heavy (non-hydrogen) atoms. The van der Waals surface area contributed by atoms with Crippen LogP contribution in [0.4, 0.5) is 16.2 Å². The average molecular weight is 453 g/mol. The molecule has 1 N–H and O–H groups in total. The maximum Gasteiger partial charge on any atom is 0.229 e. The Bertz CT molecular complexity index is 1140. The van der Waals surface area contributed by atoms with E-state index in [1.807, 2.05) is 12.1 Å². The molecule has 165 valence electrons. The summed E-state index contributed by atoms with van der Waals surface area (Å²) in [5.41, 5.74) is 3.04. The van der Waals surface area contributed by atoms with Crippen molar-refractivity contribution in [3.63, 3.8) is 0 Å². The number of nitrogens with one attached hydrogen (secondary N) is 1. The third-order valence-corrected chi connectivity index (χ3v) is 6.80. The summed E-state index contributed by atoms with van der Waals surface area (Å²) < 4.78 is 13.3. The van der Waals surface area contributed by atoms with Crippen molar-refractivity contribution in [1.29, 1.82) is 0 Å². The highest BCUT2D eigenvalue weighted by Crippen LogP contribution is 2.54. The Morgan fingerprint density at radius 1 is 0.906 bits per heavy atom. The van der Waals surface area contributed by atoms with Gasteiger partial charge in [-0.1, -0.05) is 23.7 Å². The molecule has 0 bridgehead atoms. The number of halogens is 2. The molecule has 2 aliphatic heterocycles. The van der Waals surface area contributed by atoms with Crippen molar-refractivity contribution in [2.24, 2.45) is 0 Å². The summed E-state index contributed by atoms with van der Waals surface area (Å²) in [6.07, 6.45) is 3.14. The predicted octanol–water partition coefficient (Wildman–Crippen LogP) is 3.33. The van der Waals surface area contributed by atoms with E-state index in [-0.39, 0.29) is 11.7 Å². The van der Waals surface area contributed by atoms with Crippen molar-refractivity contribution in [1.82, 2.24) is 25.3 Å². The largest absolute Gasteiger partial charge is 0.355 e. The second-order valence-electron chi connectivity index (χ2n) is 8.64. The Balaban J connectivity index is 1.40. The predicted molar refractivity (Wildman–Crippen MR) is 123 cm³/mol. The standard InChI is InChI=1S/C23H24ClFN7/c24-20-18(17-13-16(17)14-3-5-15(25)6-4-14)28-21-19(27-20)22(31-9-1-2-10-31)30-23(29-21)32-11-7-26-8-12-32/h3-6,17,26H,1-2,7-13H2. The first-order valence-corrected chi connectivity index (χ1v) is 11.6. The molecular weight excluding hydrogens is 429 g/mol. The zero-order chi connectivity index (χ0) is 21.7. The minimum Gasteiger partial charge on any atom is -0.355 e. The average Bonchev–Trinajstić information content (AvgIpc) is 3.42. The fourth-order valence-corrected chi connectivity index (χ4v) is 4.96. The molecule has 1 aromatic carbocycles. The molecule has 1 atom stereocenters. The van der Waals surface area contributed by atoms with Gasteiger partial charge in [0.05, 0.1) is 5.69 Å². The van der Waals surface area contributed by atoms with Gasteiger partial charge in [0, 0.05) is 51.1 Å². The van der Waals surface area contributed by atoms with Crippen LogP contribution in [0.3, 0.4) is 0 Å². The van der Waals surface area contributed by atoms with E-state index >= 15 is 0 Å². The Morgan fingerprint density at radius 2 is 1.66 bits per heavy atom. The molecule has 1 saturated carbocycles. The van der Waals surface area contributed by atoms with Crippen molar-refractivity contribution in [3.8, 4) is 0 Å². The van der Waals surface area contributed by atoms with Crippen LogP contribution in [-0.2, 0) is 0 Å². The number of nitrogens with zero attached hydrogens (tertiary/aromatic N) is 6. The van der Waals surface area contributed by atoms with Crippen LogP contribution >= 0.6 is 11.6 Å². The Hall–Kier alpha value is -2.58. The van der Waals surface area contributed by atoms with Gasteiger partial charge in [-0.3, -0.25) is 0 Å². The van der Waals surface area contributed by atoms with Crippen LogP contribution in [0.1, 0.15) is 36.4 Å². The Kier molecular flexibility index (Phi) is 5.07. The fraction of sp³-hybridized carbons (Fsp3) is 0.435. The van der Waals surface area contributed by atoms with Crippen LogP contribution in [0.15, 0.2) is 24.3 Å². The van der Waals surface area contributed by atoms with Gasteiger partial charge in [0.15, 0.2) is 22.1 Å². The minimum atomic E-state index is -0.235. The summed E-state index contributed by atoms with van der Waals surface area (Å²) in [5, 5.41) is 3.78. The van der Waals surface area contributed by atoms with E-state index in [1.54, 1.807) is 0 Å². The molecule has 0 amide bonds. The molecule has 0 spiro atoms. The monoisotopic (exact) mass is 452 g/mol. The third kappa shape index (κ3) is 3.65. The number of anilines is 2. The van der Waals surface area contributed by atoms with E-state index in [1.165, 1.54) is 18.1 Å². The van der Waals surface area contributed by atoms with Gasteiger partial charge in [-0.15, -0.1) is 0 Å². The van der Waals surface area contributed by atoms with Gasteiger partial charge in [0.25, 0.3) is 0 Å². The zero-order valence-corrected chi connectivity index (χ0v) is 18.4. The smallest absolute Gasteiger partial charge is 0.229 e. The van der Waals surface area contributed by atoms with Crippen LogP contribution in [0.25, 0.3) is 11.2 Å². The van der Waals surface area contributed by atoms with Crippen LogP contribution in [0.2, 0.25) is 5.15 Å². The quantitative estimate of drug-likeness (QED) is 0.651. The summed E-state index contributed by atoms with van der Waals surface area (Å²) in [6.45, 7) is 5.47. The molecule has 3 aromatic rings. The van der Waals surface area contributed by atoms with Crippen molar-refractivity contribution >= 4 is 34.5 Å². The van der Waals surface area contributed by atoms with Gasteiger partial charge in [-0.05, 0) is 37.0 Å². The van der Waals surface area contributed by atoms with E-state index in [9.17, 15) is 4.39 Å². The van der Waals surface area contributed by atoms with E-state index in [0.29, 0.717) is 22.3 Å². The molecule has 1 unspecified atom stereocenters. The lowest BCUT2D eigenvalue weighted by Crippen LogP contribution is -2.44. The lowest BCUT2D eigenvalue weighted by molar-refractivity contribution is 0.580. The van der Waals surface area contributed by atoms with Gasteiger partial charge in [0.1, 0.15) is 5.82 Å². The van der Waals surface area contributed by atoms with Crippen molar-refractivity contribution < 1.29 is 4.39 Å². The van der Waals surface area contributed by atoms with Crippen molar-refractivity contribution in [2.75, 3.05) is 49.1 Å². The molecule has 7 nitrogen and oxygen atoms in total. The topological polar surface area (TPSA) is 70.1 Å². The molecule has 4 heterocycles. The second kappa shape index (κ2) is 8.08. The van der Waals surface area contributed by atoms with Gasteiger partial charge in [0.2, 0.25) is 5.95 Å². The van der Waals surface area contributed by atoms with Crippen molar-refractivity contribution in [3.05, 3.63) is 52.4 Å². The normalized spacial score (nSPS) is 21.5. The lowest BCUT2D eigenvalue weighted by atomic mass is 10.1. The number of hydrogen-bond acceptors (Lipinski definition) is 7. The van der Waals surface area contributed by atoms with Crippen LogP contribution in [-0.4, -0.2) is 59.2 Å². The highest BCUT2D eigenvalue weighted by atomic mass is 35.5. The van der Waals surface area contributed by atoms with E-state index in [2.05, 4.69) is 15.1 Å². The van der Waals surface area contributed by atoms with Gasteiger partial charge in [-0.25, -0.2) is 14.4 Å². The first-order valence-electron chi connectivity index (χ1n) is 11.2. The Labute approximate surface area is 191 Å². The molecular formula is C23H24ClFN7. The van der Waals surface area contributed by atoms with E-state index in [0.717, 1.165) is 75.6 Å². The maximum absolute atomic E-state index is 13.3. The molecule has 2 aromatic heterocycles. The molecule has 2 saturated heterocycles. The van der Waals surface area contributed by atoms with Gasteiger partial charge < -0.3 is 15.1 Å². The molecule has 3 fully saturated rings. The third-order valence-electron chi connectivity index (χ3n) is 6.52. The fourth-order valence-electron chi connectivity index (χ4n) is 4.70. The number of fused-ring (bicyclic) bond motifs is 1. The number of benzene rings is 1. The summed E-state index contributed by atoms with van der Waals surface area (Å²) in [7, 11) is 0. The van der Waals surface area contributed by atoms with E-state index < -0.39 is 0 Å². The van der Waals surface area contributed by atoms with Crippen LogP contribution < -0.4 is 15.1 Å². The second-order valence-corrected chi connectivity index (χ2v) is 9.00. The summed E-state index contributed by atoms with van der Waals surface area (Å²) in [4.78, 5) is 23.9. The SMILES string of the molecule is Fc1ccc([C]2CC2c2nc3nc(N4CCNCC4)nc(N4CCCC4)c3nc2Cl)cc1. The number of piperazine rings is 1. The summed E-state index contributed by atoms with van der Waals surface area (Å²) in [6, 6.07) is 6.59. The summed E-state index contributed by atoms with van der Waals surface area (Å²) >= 11 is 6.64. The highest BCUT2D eigenvalue weighted by Gasteiger charge is 2.43.